The summed E-state index contributed by atoms with van der Waals surface area (Å²) in [4.78, 5) is 13.3. The van der Waals surface area contributed by atoms with Crippen molar-refractivity contribution in [3.63, 3.8) is 0 Å². The molecule has 1 amide bonds. The number of para-hydroxylation sites is 1. The van der Waals surface area contributed by atoms with E-state index in [1.54, 1.807) is 24.3 Å². The summed E-state index contributed by atoms with van der Waals surface area (Å²) in [6.07, 6.45) is 0. The lowest BCUT2D eigenvalue weighted by molar-refractivity contribution is -0.118. The van der Waals surface area contributed by atoms with Gasteiger partial charge in [-0.1, -0.05) is 54.6 Å². The number of halogens is 1. The summed E-state index contributed by atoms with van der Waals surface area (Å²) in [7, 11) is 0. The van der Waals surface area contributed by atoms with Crippen molar-refractivity contribution < 1.29 is 9.18 Å². The average molecular weight is 439 g/mol. The molecule has 2 aromatic carbocycles. The van der Waals surface area contributed by atoms with E-state index in [2.05, 4.69) is 15.5 Å². The van der Waals surface area contributed by atoms with Gasteiger partial charge in [0.2, 0.25) is 5.50 Å². The number of amides is 1. The molecule has 2 atom stereocenters. The van der Waals surface area contributed by atoms with Gasteiger partial charge in [-0.05, 0) is 47.8 Å². The summed E-state index contributed by atoms with van der Waals surface area (Å²) in [5.74, 6) is -0.0784. The molecule has 4 rings (SSSR count). The topological polar surface area (TPSA) is 59.8 Å². The van der Waals surface area contributed by atoms with Crippen LogP contribution in [0.4, 0.5) is 10.1 Å². The van der Waals surface area contributed by atoms with Crippen LogP contribution in [0.3, 0.4) is 0 Å². The highest BCUT2D eigenvalue weighted by Gasteiger charge is 2.26. The van der Waals surface area contributed by atoms with Crippen molar-refractivity contribution >= 4 is 34.7 Å². The first kappa shape index (κ1) is 20.3. The maximum atomic E-state index is 14.8. The zero-order valence-electron chi connectivity index (χ0n) is 16.1. The fourth-order valence-corrected chi connectivity index (χ4v) is 4.53. The third kappa shape index (κ3) is 4.44. The van der Waals surface area contributed by atoms with Crippen molar-refractivity contribution in [3.8, 4) is 10.7 Å². The number of thioether (sulfide) groups is 1. The highest BCUT2D eigenvalue weighted by Crippen LogP contribution is 2.34. The number of hydrogen-bond acceptors (Lipinski definition) is 5. The van der Waals surface area contributed by atoms with E-state index in [9.17, 15) is 9.18 Å². The van der Waals surface area contributed by atoms with Gasteiger partial charge in [-0.3, -0.25) is 9.36 Å². The van der Waals surface area contributed by atoms with Gasteiger partial charge in [0.15, 0.2) is 11.0 Å². The van der Waals surface area contributed by atoms with Crippen molar-refractivity contribution in [2.75, 3.05) is 5.32 Å². The van der Waals surface area contributed by atoms with Gasteiger partial charge < -0.3 is 5.32 Å². The summed E-state index contributed by atoms with van der Waals surface area (Å²) < 4.78 is 16.7. The second-order valence-corrected chi connectivity index (χ2v) is 8.49. The fourth-order valence-electron chi connectivity index (χ4n) is 3.03. The lowest BCUT2D eigenvalue weighted by atomic mass is 10.1. The fraction of sp³-hybridized carbons (Fsp3) is 0.136. The number of alkyl halides is 1. The van der Waals surface area contributed by atoms with Crippen LogP contribution in [0.25, 0.3) is 10.7 Å². The normalized spacial score (nSPS) is 13.0. The third-order valence-electron chi connectivity index (χ3n) is 4.53. The van der Waals surface area contributed by atoms with Crippen LogP contribution < -0.4 is 5.32 Å². The zero-order chi connectivity index (χ0) is 20.9. The Hall–Kier alpha value is -2.97. The molecule has 8 heteroatoms. The van der Waals surface area contributed by atoms with E-state index in [0.29, 0.717) is 16.7 Å². The lowest BCUT2D eigenvalue weighted by Crippen LogP contribution is -2.22. The van der Waals surface area contributed by atoms with Crippen molar-refractivity contribution in [3.05, 3.63) is 83.7 Å². The quantitative estimate of drug-likeness (QED) is 0.379. The molecule has 0 fully saturated rings. The van der Waals surface area contributed by atoms with Crippen molar-refractivity contribution in [2.45, 2.75) is 23.6 Å². The highest BCUT2D eigenvalue weighted by molar-refractivity contribution is 8.00. The summed E-state index contributed by atoms with van der Waals surface area (Å²) in [5.41, 5.74) is -0.238. The smallest absolute Gasteiger partial charge is 0.269 e. The number of hydrogen-bond donors (Lipinski definition) is 1. The molecule has 0 saturated carbocycles. The number of rotatable bonds is 7. The molecule has 0 radical (unpaired) electrons. The Morgan fingerprint density at radius 1 is 1.03 bits per heavy atom. The van der Waals surface area contributed by atoms with Crippen LogP contribution in [0.15, 0.2) is 83.3 Å². The SMILES string of the molecule is CC(c1ccccc1)n1c(SC(F)C(=O)Nc2ccccc2)nnc1-c1cccs1. The number of carbonyl (C=O) groups is 1. The molecule has 0 saturated heterocycles. The molecule has 0 aliphatic rings. The van der Waals surface area contributed by atoms with Gasteiger partial charge in [-0.25, -0.2) is 4.39 Å². The maximum absolute atomic E-state index is 14.8. The van der Waals surface area contributed by atoms with Crippen molar-refractivity contribution in [1.29, 1.82) is 0 Å². The van der Waals surface area contributed by atoms with Crippen LogP contribution >= 0.6 is 23.1 Å². The van der Waals surface area contributed by atoms with Gasteiger partial charge >= 0.3 is 0 Å². The first-order valence-corrected chi connectivity index (χ1v) is 11.1. The van der Waals surface area contributed by atoms with E-state index < -0.39 is 11.4 Å². The van der Waals surface area contributed by atoms with Crippen LogP contribution in [-0.2, 0) is 4.79 Å². The number of aromatic nitrogens is 3. The first-order chi connectivity index (χ1) is 14.6. The molecule has 4 aromatic rings. The molecule has 152 valence electrons. The van der Waals surface area contributed by atoms with Gasteiger partial charge in [0, 0.05) is 5.69 Å². The molecule has 0 spiro atoms. The molecule has 5 nitrogen and oxygen atoms in total. The summed E-state index contributed by atoms with van der Waals surface area (Å²) in [5, 5.41) is 13.4. The number of thiophene rings is 1. The number of carbonyl (C=O) groups excluding carboxylic acids is 1. The zero-order valence-corrected chi connectivity index (χ0v) is 17.7. The number of anilines is 1. The third-order valence-corrected chi connectivity index (χ3v) is 6.31. The largest absolute Gasteiger partial charge is 0.323 e. The van der Waals surface area contributed by atoms with E-state index >= 15 is 0 Å². The van der Waals surface area contributed by atoms with Gasteiger partial charge in [-0.15, -0.1) is 21.5 Å². The second-order valence-electron chi connectivity index (χ2n) is 6.53. The van der Waals surface area contributed by atoms with E-state index in [1.165, 1.54) is 11.3 Å². The summed E-state index contributed by atoms with van der Waals surface area (Å²) in [6, 6.07) is 22.4. The Balaban J connectivity index is 1.62. The van der Waals surface area contributed by atoms with Crippen molar-refractivity contribution in [2.24, 2.45) is 0 Å². The van der Waals surface area contributed by atoms with Crippen LogP contribution in [0.1, 0.15) is 18.5 Å². The minimum Gasteiger partial charge on any atom is -0.323 e. The average Bonchev–Trinajstić information content (AvgIpc) is 3.44. The first-order valence-electron chi connectivity index (χ1n) is 9.34. The van der Waals surface area contributed by atoms with E-state index in [-0.39, 0.29) is 6.04 Å². The molecule has 0 aliphatic heterocycles. The highest BCUT2D eigenvalue weighted by atomic mass is 32.2. The lowest BCUT2D eigenvalue weighted by Gasteiger charge is -2.18. The second kappa shape index (κ2) is 9.23. The molecule has 2 unspecified atom stereocenters. The molecular formula is C22H19FN4OS2. The van der Waals surface area contributed by atoms with Gasteiger partial charge in [0.05, 0.1) is 10.9 Å². The molecule has 2 heterocycles. The summed E-state index contributed by atoms with van der Waals surface area (Å²) in [6.45, 7) is 2.01. The summed E-state index contributed by atoms with van der Waals surface area (Å²) >= 11 is 2.29. The Morgan fingerprint density at radius 3 is 2.40 bits per heavy atom. The Kier molecular flexibility index (Phi) is 6.25. The number of benzene rings is 2. The van der Waals surface area contributed by atoms with Crippen LogP contribution in [0.2, 0.25) is 0 Å². The number of nitrogens with one attached hydrogen (secondary N) is 1. The minimum atomic E-state index is -1.83. The maximum Gasteiger partial charge on any atom is 0.269 e. The molecule has 1 N–H and O–H groups in total. The van der Waals surface area contributed by atoms with Gasteiger partial charge in [0.25, 0.3) is 5.91 Å². The minimum absolute atomic E-state index is 0.134. The Labute approximate surface area is 182 Å². The Morgan fingerprint density at radius 2 is 1.73 bits per heavy atom. The predicted octanol–water partition coefficient (Wildman–Crippen LogP) is 5.64. The molecule has 0 aliphatic carbocycles. The van der Waals surface area contributed by atoms with Crippen LogP contribution in [0.5, 0.6) is 0 Å². The van der Waals surface area contributed by atoms with Gasteiger partial charge in [-0.2, -0.15) is 0 Å². The Bertz CT molecular complexity index is 1100. The van der Waals surface area contributed by atoms with E-state index in [4.69, 9.17) is 0 Å². The van der Waals surface area contributed by atoms with Crippen LogP contribution in [0, 0.1) is 0 Å². The predicted molar refractivity (Wildman–Crippen MR) is 119 cm³/mol. The molecule has 0 bridgehead atoms. The molecular weight excluding hydrogens is 419 g/mol. The van der Waals surface area contributed by atoms with E-state index in [0.717, 1.165) is 22.2 Å². The standard InChI is InChI=1S/C22H19FN4OS2/c1-15(16-9-4-2-5-10-16)27-20(18-13-8-14-29-18)25-26-22(27)30-19(23)21(28)24-17-11-6-3-7-12-17/h2-15,19H,1H3,(H,24,28). The molecule has 30 heavy (non-hydrogen) atoms. The number of nitrogens with zero attached hydrogens (tertiary/aromatic N) is 3. The van der Waals surface area contributed by atoms with E-state index in [1.807, 2.05) is 65.4 Å². The van der Waals surface area contributed by atoms with Crippen LogP contribution in [-0.4, -0.2) is 26.2 Å². The molecule has 2 aromatic heterocycles. The monoisotopic (exact) mass is 438 g/mol. The van der Waals surface area contributed by atoms with Crippen molar-refractivity contribution in [1.82, 2.24) is 14.8 Å². The van der Waals surface area contributed by atoms with Gasteiger partial charge in [0.1, 0.15) is 0 Å².